The molecule has 1 aliphatic rings. The molecular weight excluding hydrogens is 276 g/mol. The summed E-state index contributed by atoms with van der Waals surface area (Å²) < 4.78 is 20.0. The minimum atomic E-state index is -0.930. The number of carbonyl (C=O) groups is 2. The van der Waals surface area contributed by atoms with Crippen LogP contribution in [0.1, 0.15) is 19.4 Å². The molecule has 1 aromatic carbocycles. The molecule has 1 aliphatic heterocycles. The highest BCUT2D eigenvalue weighted by atomic mass is 16.7. The second kappa shape index (κ2) is 6.03. The molecule has 1 atom stereocenters. The molecule has 0 unspecified atom stereocenters. The van der Waals surface area contributed by atoms with E-state index in [4.69, 9.17) is 18.9 Å². The molecule has 1 fully saturated rings. The zero-order valence-electron chi connectivity index (χ0n) is 12.3. The van der Waals surface area contributed by atoms with Crippen molar-refractivity contribution < 1.29 is 28.5 Å². The maximum absolute atomic E-state index is 11.7. The summed E-state index contributed by atoms with van der Waals surface area (Å²) in [6.45, 7) is 3.87. The quantitative estimate of drug-likeness (QED) is 0.793. The molecule has 1 heterocycles. The van der Waals surface area contributed by atoms with Gasteiger partial charge in [-0.05, 0) is 17.7 Å². The van der Waals surface area contributed by atoms with Crippen molar-refractivity contribution in [3.05, 3.63) is 29.8 Å². The summed E-state index contributed by atoms with van der Waals surface area (Å²) >= 11 is 0. The van der Waals surface area contributed by atoms with E-state index < -0.39 is 23.6 Å². The van der Waals surface area contributed by atoms with Gasteiger partial charge in [-0.15, -0.1) is 0 Å². The molecule has 0 saturated carbocycles. The highest BCUT2D eigenvalue weighted by Gasteiger charge is 2.46. The smallest absolute Gasteiger partial charge is 0.497 e. The van der Waals surface area contributed by atoms with E-state index in [1.54, 1.807) is 45.2 Å². The Morgan fingerprint density at radius 2 is 2.00 bits per heavy atom. The maximum Gasteiger partial charge on any atom is 0.509 e. The molecule has 0 radical (unpaired) electrons. The number of carbonyl (C=O) groups excluding carboxylic acids is 2. The molecule has 0 aliphatic carbocycles. The van der Waals surface area contributed by atoms with Crippen LogP contribution in [-0.4, -0.2) is 31.9 Å². The van der Waals surface area contributed by atoms with Crippen molar-refractivity contribution in [3.8, 4) is 5.75 Å². The summed E-state index contributed by atoms with van der Waals surface area (Å²) in [7, 11) is 1.57. The first-order chi connectivity index (χ1) is 9.92. The Hall–Kier alpha value is -2.24. The average molecular weight is 294 g/mol. The van der Waals surface area contributed by atoms with Crippen molar-refractivity contribution in [2.75, 3.05) is 13.7 Å². The zero-order valence-corrected chi connectivity index (χ0v) is 12.3. The lowest BCUT2D eigenvalue weighted by Gasteiger charge is -2.21. The lowest BCUT2D eigenvalue weighted by molar-refractivity contribution is -0.146. The SMILES string of the molecule is COc1ccc(COC(=O)O[C@H]2C(=O)OCC2(C)C)cc1. The van der Waals surface area contributed by atoms with Crippen LogP contribution < -0.4 is 4.74 Å². The Labute approximate surface area is 122 Å². The topological polar surface area (TPSA) is 71.1 Å². The predicted molar refractivity (Wildman–Crippen MR) is 72.8 cm³/mol. The normalized spacial score (nSPS) is 19.8. The van der Waals surface area contributed by atoms with E-state index in [0.717, 1.165) is 11.3 Å². The van der Waals surface area contributed by atoms with Crippen molar-refractivity contribution in [2.24, 2.45) is 5.41 Å². The van der Waals surface area contributed by atoms with Crippen LogP contribution in [0.2, 0.25) is 0 Å². The van der Waals surface area contributed by atoms with Crippen LogP contribution in [0.25, 0.3) is 0 Å². The van der Waals surface area contributed by atoms with Gasteiger partial charge in [0.05, 0.1) is 7.11 Å². The number of esters is 1. The number of rotatable bonds is 4. The molecule has 6 heteroatoms. The van der Waals surface area contributed by atoms with Crippen LogP contribution in [0, 0.1) is 5.41 Å². The molecule has 114 valence electrons. The van der Waals surface area contributed by atoms with Gasteiger partial charge < -0.3 is 18.9 Å². The minimum absolute atomic E-state index is 0.0605. The Balaban J connectivity index is 1.85. The summed E-state index contributed by atoms with van der Waals surface area (Å²) in [6.07, 6.45) is -1.82. The zero-order chi connectivity index (χ0) is 15.5. The van der Waals surface area contributed by atoms with Crippen molar-refractivity contribution in [1.29, 1.82) is 0 Å². The van der Waals surface area contributed by atoms with Crippen molar-refractivity contribution >= 4 is 12.1 Å². The van der Waals surface area contributed by atoms with E-state index in [-0.39, 0.29) is 13.2 Å². The number of methoxy groups -OCH3 is 1. The van der Waals surface area contributed by atoms with Crippen LogP contribution in [0.3, 0.4) is 0 Å². The van der Waals surface area contributed by atoms with Crippen molar-refractivity contribution in [3.63, 3.8) is 0 Å². The average Bonchev–Trinajstić information content (AvgIpc) is 2.72. The second-order valence-electron chi connectivity index (χ2n) is 5.48. The van der Waals surface area contributed by atoms with Crippen LogP contribution in [-0.2, 0) is 25.6 Å². The Morgan fingerprint density at radius 3 is 2.52 bits per heavy atom. The first-order valence-electron chi connectivity index (χ1n) is 6.55. The third-order valence-electron chi connectivity index (χ3n) is 3.24. The molecule has 1 saturated heterocycles. The molecule has 0 spiro atoms. The van der Waals surface area contributed by atoms with Gasteiger partial charge in [0.2, 0.25) is 6.10 Å². The summed E-state index contributed by atoms with van der Waals surface area (Å²) in [6, 6.07) is 7.09. The lowest BCUT2D eigenvalue weighted by atomic mass is 9.90. The monoisotopic (exact) mass is 294 g/mol. The maximum atomic E-state index is 11.7. The van der Waals surface area contributed by atoms with Gasteiger partial charge in [-0.3, -0.25) is 0 Å². The van der Waals surface area contributed by atoms with Gasteiger partial charge in [0.1, 0.15) is 19.0 Å². The summed E-state index contributed by atoms with van der Waals surface area (Å²) in [4.78, 5) is 23.2. The van der Waals surface area contributed by atoms with E-state index >= 15 is 0 Å². The molecule has 0 aromatic heterocycles. The van der Waals surface area contributed by atoms with Gasteiger partial charge in [-0.1, -0.05) is 26.0 Å². The van der Waals surface area contributed by atoms with Gasteiger partial charge in [0.25, 0.3) is 0 Å². The standard InChI is InChI=1S/C15H18O6/c1-15(2)9-20-13(16)12(15)21-14(17)19-8-10-4-6-11(18-3)7-5-10/h4-7,12H,8-9H2,1-3H3/t12-/m0/s1. The molecule has 6 nitrogen and oxygen atoms in total. The van der Waals surface area contributed by atoms with Crippen LogP contribution in [0.15, 0.2) is 24.3 Å². The van der Waals surface area contributed by atoms with E-state index in [2.05, 4.69) is 0 Å². The minimum Gasteiger partial charge on any atom is -0.497 e. The molecular formula is C15H18O6. The van der Waals surface area contributed by atoms with Gasteiger partial charge in [0, 0.05) is 5.41 Å². The Kier molecular flexibility index (Phi) is 4.35. The third kappa shape index (κ3) is 3.65. The fourth-order valence-corrected chi connectivity index (χ4v) is 1.93. The van der Waals surface area contributed by atoms with Crippen molar-refractivity contribution in [2.45, 2.75) is 26.6 Å². The van der Waals surface area contributed by atoms with Gasteiger partial charge >= 0.3 is 12.1 Å². The van der Waals surface area contributed by atoms with E-state index in [1.807, 2.05) is 0 Å². The molecule has 0 bridgehead atoms. The van der Waals surface area contributed by atoms with Gasteiger partial charge in [-0.25, -0.2) is 9.59 Å². The van der Waals surface area contributed by atoms with Gasteiger partial charge in [0.15, 0.2) is 0 Å². The first kappa shape index (κ1) is 15.2. The Morgan fingerprint density at radius 1 is 1.33 bits per heavy atom. The van der Waals surface area contributed by atoms with Gasteiger partial charge in [-0.2, -0.15) is 0 Å². The summed E-state index contributed by atoms with van der Waals surface area (Å²) in [5.74, 6) is 0.179. The lowest BCUT2D eigenvalue weighted by Crippen LogP contribution is -2.35. The van der Waals surface area contributed by atoms with E-state index in [1.165, 1.54) is 0 Å². The van der Waals surface area contributed by atoms with Crippen LogP contribution in [0.4, 0.5) is 4.79 Å². The second-order valence-corrected chi connectivity index (χ2v) is 5.48. The number of ether oxygens (including phenoxy) is 4. The summed E-state index contributed by atoms with van der Waals surface area (Å²) in [5, 5.41) is 0. The molecule has 2 rings (SSSR count). The largest absolute Gasteiger partial charge is 0.509 e. The summed E-state index contributed by atoms with van der Waals surface area (Å²) in [5.41, 5.74) is 0.247. The fraction of sp³-hybridized carbons (Fsp3) is 0.467. The number of hydrogen-bond acceptors (Lipinski definition) is 6. The van der Waals surface area contributed by atoms with Crippen LogP contribution >= 0.6 is 0 Å². The van der Waals surface area contributed by atoms with Crippen molar-refractivity contribution in [1.82, 2.24) is 0 Å². The molecule has 21 heavy (non-hydrogen) atoms. The highest BCUT2D eigenvalue weighted by molar-refractivity contribution is 5.80. The number of hydrogen-bond donors (Lipinski definition) is 0. The van der Waals surface area contributed by atoms with E-state index in [9.17, 15) is 9.59 Å². The van der Waals surface area contributed by atoms with Crippen LogP contribution in [0.5, 0.6) is 5.75 Å². The first-order valence-corrected chi connectivity index (χ1v) is 6.55. The molecule has 1 aromatic rings. The third-order valence-corrected chi connectivity index (χ3v) is 3.24. The molecule has 0 amide bonds. The highest BCUT2D eigenvalue weighted by Crippen LogP contribution is 2.31. The fourth-order valence-electron chi connectivity index (χ4n) is 1.93. The molecule has 0 N–H and O–H groups in total. The Bertz CT molecular complexity index is 519. The van der Waals surface area contributed by atoms with E-state index in [0.29, 0.717) is 0 Å². The predicted octanol–water partition coefficient (Wildman–Crippen LogP) is 2.30. The number of cyclic esters (lactones) is 1. The number of benzene rings is 1.